The van der Waals surface area contributed by atoms with Crippen molar-refractivity contribution in [1.29, 1.82) is 0 Å². The van der Waals surface area contributed by atoms with Gasteiger partial charge in [0.15, 0.2) is 0 Å². The number of hydrogen-bond donors (Lipinski definition) is 1. The highest BCUT2D eigenvalue weighted by atomic mass is 16.3. The van der Waals surface area contributed by atoms with Crippen LogP contribution in [0.4, 0.5) is 0 Å². The second kappa shape index (κ2) is 3.95. The Balaban J connectivity index is 2.07. The SMILES string of the molecule is C[C@H]1CNCC[C@H]1c1cccc2occc12. The Morgan fingerprint density at radius 2 is 2.25 bits per heavy atom. The Bertz CT molecular complexity index is 488. The molecular weight excluding hydrogens is 198 g/mol. The molecule has 1 aromatic carbocycles. The third-order valence-corrected chi connectivity index (χ3v) is 3.71. The molecule has 0 amide bonds. The van der Waals surface area contributed by atoms with Crippen LogP contribution in [0.2, 0.25) is 0 Å². The molecule has 0 aliphatic carbocycles. The molecule has 0 spiro atoms. The average Bonchev–Trinajstić information content (AvgIpc) is 2.77. The third-order valence-electron chi connectivity index (χ3n) is 3.71. The Morgan fingerprint density at radius 3 is 3.12 bits per heavy atom. The van der Waals surface area contributed by atoms with E-state index >= 15 is 0 Å². The standard InChI is InChI=1S/C14H17NO/c1-10-9-15-7-5-11(10)12-3-2-4-14-13(12)6-8-16-14/h2-4,6,8,10-11,15H,5,7,9H2,1H3/t10-,11+/m0/s1. The van der Waals surface area contributed by atoms with Crippen molar-refractivity contribution >= 4 is 11.0 Å². The first kappa shape index (κ1) is 9.91. The number of piperidine rings is 1. The van der Waals surface area contributed by atoms with Crippen LogP contribution in [0.5, 0.6) is 0 Å². The normalized spacial score (nSPS) is 26.1. The molecule has 2 aromatic rings. The zero-order valence-electron chi connectivity index (χ0n) is 9.57. The lowest BCUT2D eigenvalue weighted by Gasteiger charge is -2.30. The summed E-state index contributed by atoms with van der Waals surface area (Å²) in [6.07, 6.45) is 3.02. The number of nitrogens with one attached hydrogen (secondary N) is 1. The lowest BCUT2D eigenvalue weighted by molar-refractivity contribution is 0.351. The molecule has 2 atom stereocenters. The van der Waals surface area contributed by atoms with Crippen LogP contribution in [-0.2, 0) is 0 Å². The average molecular weight is 215 g/mol. The smallest absolute Gasteiger partial charge is 0.134 e. The molecule has 2 heterocycles. The zero-order valence-corrected chi connectivity index (χ0v) is 9.57. The van der Waals surface area contributed by atoms with Crippen molar-refractivity contribution in [2.24, 2.45) is 5.92 Å². The van der Waals surface area contributed by atoms with Crippen molar-refractivity contribution in [2.45, 2.75) is 19.3 Å². The van der Waals surface area contributed by atoms with Crippen LogP contribution >= 0.6 is 0 Å². The van der Waals surface area contributed by atoms with Gasteiger partial charge in [-0.2, -0.15) is 0 Å². The maximum Gasteiger partial charge on any atom is 0.134 e. The highest BCUT2D eigenvalue weighted by Crippen LogP contribution is 2.34. The molecule has 2 heteroatoms. The van der Waals surface area contributed by atoms with E-state index in [2.05, 4.69) is 30.4 Å². The molecule has 1 aromatic heterocycles. The van der Waals surface area contributed by atoms with E-state index in [0.717, 1.165) is 18.7 Å². The number of benzene rings is 1. The van der Waals surface area contributed by atoms with Gasteiger partial charge in [-0.25, -0.2) is 0 Å². The topological polar surface area (TPSA) is 25.2 Å². The molecule has 2 nitrogen and oxygen atoms in total. The second-order valence-electron chi connectivity index (χ2n) is 4.76. The Hall–Kier alpha value is -1.28. The summed E-state index contributed by atoms with van der Waals surface area (Å²) >= 11 is 0. The molecule has 3 rings (SSSR count). The van der Waals surface area contributed by atoms with Crippen molar-refractivity contribution in [3.63, 3.8) is 0 Å². The molecular formula is C14H17NO. The molecule has 84 valence electrons. The van der Waals surface area contributed by atoms with Gasteiger partial charge in [0.2, 0.25) is 0 Å². The fourth-order valence-electron chi connectivity index (χ4n) is 2.82. The monoisotopic (exact) mass is 215 g/mol. The summed E-state index contributed by atoms with van der Waals surface area (Å²) in [4.78, 5) is 0. The van der Waals surface area contributed by atoms with Gasteiger partial charge in [-0.3, -0.25) is 0 Å². The molecule has 1 N–H and O–H groups in total. The van der Waals surface area contributed by atoms with Gasteiger partial charge in [-0.15, -0.1) is 0 Å². The molecule has 0 bridgehead atoms. The summed E-state index contributed by atoms with van der Waals surface area (Å²) in [5.41, 5.74) is 2.48. The number of hydrogen-bond acceptors (Lipinski definition) is 2. The summed E-state index contributed by atoms with van der Waals surface area (Å²) in [5.74, 6) is 1.37. The lowest BCUT2D eigenvalue weighted by atomic mass is 9.81. The van der Waals surface area contributed by atoms with Crippen molar-refractivity contribution < 1.29 is 4.42 Å². The van der Waals surface area contributed by atoms with Gasteiger partial charge in [0.25, 0.3) is 0 Å². The molecule has 1 fully saturated rings. The minimum atomic E-state index is 0.669. The van der Waals surface area contributed by atoms with Gasteiger partial charge in [0, 0.05) is 5.39 Å². The van der Waals surface area contributed by atoms with Crippen LogP contribution in [0, 0.1) is 5.92 Å². The molecule has 0 unspecified atom stereocenters. The fourth-order valence-corrected chi connectivity index (χ4v) is 2.82. The van der Waals surface area contributed by atoms with Crippen LogP contribution in [0.3, 0.4) is 0 Å². The van der Waals surface area contributed by atoms with E-state index in [-0.39, 0.29) is 0 Å². The van der Waals surface area contributed by atoms with E-state index in [4.69, 9.17) is 4.42 Å². The summed E-state index contributed by atoms with van der Waals surface area (Å²) in [6.45, 7) is 4.58. The third kappa shape index (κ3) is 1.54. The highest BCUT2D eigenvalue weighted by Gasteiger charge is 2.24. The first-order valence-electron chi connectivity index (χ1n) is 6.03. The predicted octanol–water partition coefficient (Wildman–Crippen LogP) is 3.15. The van der Waals surface area contributed by atoms with Crippen LogP contribution in [-0.4, -0.2) is 13.1 Å². The molecule has 16 heavy (non-hydrogen) atoms. The lowest BCUT2D eigenvalue weighted by Crippen LogP contribution is -2.33. The first-order chi connectivity index (χ1) is 7.86. The molecule has 1 aliphatic rings. The largest absolute Gasteiger partial charge is 0.464 e. The van der Waals surface area contributed by atoms with Crippen molar-refractivity contribution in [3.8, 4) is 0 Å². The van der Waals surface area contributed by atoms with Gasteiger partial charge in [0.05, 0.1) is 6.26 Å². The predicted molar refractivity (Wildman–Crippen MR) is 65.6 cm³/mol. The molecule has 0 radical (unpaired) electrons. The Labute approximate surface area is 95.6 Å². The quantitative estimate of drug-likeness (QED) is 0.790. The number of furan rings is 1. The van der Waals surface area contributed by atoms with Crippen molar-refractivity contribution in [1.82, 2.24) is 5.32 Å². The second-order valence-corrected chi connectivity index (χ2v) is 4.76. The number of rotatable bonds is 1. The van der Waals surface area contributed by atoms with Gasteiger partial charge in [-0.05, 0) is 49.0 Å². The van der Waals surface area contributed by atoms with Crippen LogP contribution < -0.4 is 5.32 Å². The summed E-state index contributed by atoms with van der Waals surface area (Å²) in [7, 11) is 0. The zero-order chi connectivity index (χ0) is 11.0. The van der Waals surface area contributed by atoms with E-state index in [1.165, 1.54) is 17.4 Å². The molecule has 1 aliphatic heterocycles. The first-order valence-corrected chi connectivity index (χ1v) is 6.03. The van der Waals surface area contributed by atoms with Gasteiger partial charge < -0.3 is 9.73 Å². The summed E-state index contributed by atoms with van der Waals surface area (Å²) < 4.78 is 5.47. The summed E-state index contributed by atoms with van der Waals surface area (Å²) in [5, 5.41) is 4.75. The van der Waals surface area contributed by atoms with Gasteiger partial charge in [-0.1, -0.05) is 19.1 Å². The number of fused-ring (bicyclic) bond motifs is 1. The molecule has 1 saturated heterocycles. The van der Waals surface area contributed by atoms with E-state index in [1.54, 1.807) is 6.26 Å². The van der Waals surface area contributed by atoms with E-state index in [1.807, 2.05) is 6.07 Å². The van der Waals surface area contributed by atoms with Crippen LogP contribution in [0.15, 0.2) is 34.9 Å². The van der Waals surface area contributed by atoms with Crippen molar-refractivity contribution in [3.05, 3.63) is 36.1 Å². The van der Waals surface area contributed by atoms with E-state index in [9.17, 15) is 0 Å². The van der Waals surface area contributed by atoms with Crippen LogP contribution in [0.25, 0.3) is 11.0 Å². The summed E-state index contributed by atoms with van der Waals surface area (Å²) in [6, 6.07) is 8.50. The van der Waals surface area contributed by atoms with Gasteiger partial charge in [0.1, 0.15) is 5.58 Å². The maximum absolute atomic E-state index is 5.47. The fraction of sp³-hybridized carbons (Fsp3) is 0.429. The maximum atomic E-state index is 5.47. The minimum Gasteiger partial charge on any atom is -0.464 e. The minimum absolute atomic E-state index is 0.669. The Morgan fingerprint density at radius 1 is 1.31 bits per heavy atom. The molecule has 0 saturated carbocycles. The van der Waals surface area contributed by atoms with Gasteiger partial charge >= 0.3 is 0 Å². The van der Waals surface area contributed by atoms with Crippen molar-refractivity contribution in [2.75, 3.05) is 13.1 Å². The van der Waals surface area contributed by atoms with E-state index < -0.39 is 0 Å². The Kier molecular flexibility index (Phi) is 2.44. The highest BCUT2D eigenvalue weighted by molar-refractivity contribution is 5.81. The van der Waals surface area contributed by atoms with Crippen LogP contribution in [0.1, 0.15) is 24.8 Å². The van der Waals surface area contributed by atoms with E-state index in [0.29, 0.717) is 11.8 Å².